The second kappa shape index (κ2) is 9.17. The van der Waals surface area contributed by atoms with Crippen LogP contribution in [0.5, 0.6) is 0 Å². The van der Waals surface area contributed by atoms with Crippen LogP contribution in [0.15, 0.2) is 60.8 Å². The topological polar surface area (TPSA) is 64.0 Å². The summed E-state index contributed by atoms with van der Waals surface area (Å²) in [5.41, 5.74) is 5.55. The molecule has 5 nitrogen and oxygen atoms in total. The molecule has 3 rings (SSSR count). The lowest BCUT2D eigenvalue weighted by molar-refractivity contribution is 0.596. The number of rotatable bonds is 9. The van der Waals surface area contributed by atoms with E-state index in [4.69, 9.17) is 5.10 Å². The van der Waals surface area contributed by atoms with E-state index in [0.29, 0.717) is 19.6 Å². The molecule has 0 unspecified atom stereocenters. The Bertz CT molecular complexity index is 994. The summed E-state index contributed by atoms with van der Waals surface area (Å²) in [6, 6.07) is 18.7. The van der Waals surface area contributed by atoms with Crippen LogP contribution in [0.3, 0.4) is 0 Å². The normalized spacial score (nSPS) is 11.6. The third-order valence-corrected chi connectivity index (χ3v) is 5.57. The van der Waals surface area contributed by atoms with Crippen LogP contribution in [-0.2, 0) is 29.3 Å². The number of aromatic nitrogens is 2. The smallest absolute Gasteiger partial charge is 0.148 e. The Morgan fingerprint density at radius 2 is 1.71 bits per heavy atom. The largest absolute Gasteiger partial charge is 0.312 e. The van der Waals surface area contributed by atoms with Crippen LogP contribution < -0.4 is 5.32 Å². The summed E-state index contributed by atoms with van der Waals surface area (Å²) in [4.78, 5) is 0. The molecule has 0 aliphatic heterocycles. The van der Waals surface area contributed by atoms with Gasteiger partial charge in [0.15, 0.2) is 0 Å². The number of benzene rings is 2. The van der Waals surface area contributed by atoms with E-state index in [-0.39, 0.29) is 5.75 Å². The highest BCUT2D eigenvalue weighted by Crippen LogP contribution is 2.23. The minimum Gasteiger partial charge on any atom is -0.312 e. The maximum absolute atomic E-state index is 11.3. The molecule has 0 bridgehead atoms. The molecule has 2 aromatic carbocycles. The summed E-state index contributed by atoms with van der Waals surface area (Å²) in [5, 5.41) is 8.05. The van der Waals surface area contributed by atoms with Crippen LogP contribution in [0.2, 0.25) is 0 Å². The van der Waals surface area contributed by atoms with E-state index in [1.165, 1.54) is 17.4 Å². The SMILES string of the molecule is CCc1ccc(-c2nn(Cc3ccccc3)cc2CNCCS(C)(=O)=O)cc1. The minimum atomic E-state index is -2.97. The molecule has 0 amide bonds. The third-order valence-electron chi connectivity index (χ3n) is 4.63. The summed E-state index contributed by atoms with van der Waals surface area (Å²) in [7, 11) is -2.97. The molecule has 1 N–H and O–H groups in total. The summed E-state index contributed by atoms with van der Waals surface area (Å²) < 4.78 is 24.6. The van der Waals surface area contributed by atoms with Gasteiger partial charge in [-0.3, -0.25) is 4.68 Å². The lowest BCUT2D eigenvalue weighted by Crippen LogP contribution is -2.22. The Morgan fingerprint density at radius 1 is 1.00 bits per heavy atom. The molecule has 0 saturated heterocycles. The van der Waals surface area contributed by atoms with Gasteiger partial charge in [-0.15, -0.1) is 0 Å². The Kier molecular flexibility index (Phi) is 6.65. The fraction of sp³-hybridized carbons (Fsp3) is 0.318. The van der Waals surface area contributed by atoms with Crippen molar-refractivity contribution in [1.82, 2.24) is 15.1 Å². The number of nitrogens with zero attached hydrogens (tertiary/aromatic N) is 2. The van der Waals surface area contributed by atoms with Gasteiger partial charge in [0.05, 0.1) is 18.0 Å². The van der Waals surface area contributed by atoms with Gasteiger partial charge in [0.1, 0.15) is 9.84 Å². The first-order valence-corrected chi connectivity index (χ1v) is 11.6. The third kappa shape index (κ3) is 5.78. The first kappa shape index (κ1) is 20.3. The first-order valence-electron chi connectivity index (χ1n) is 9.52. The molecule has 0 aliphatic rings. The number of hydrogen-bond donors (Lipinski definition) is 1. The summed E-state index contributed by atoms with van der Waals surface area (Å²) in [5.74, 6) is 0.131. The Balaban J connectivity index is 1.81. The van der Waals surface area contributed by atoms with Crippen molar-refractivity contribution in [3.63, 3.8) is 0 Å². The van der Waals surface area contributed by atoms with Gasteiger partial charge in [0.2, 0.25) is 0 Å². The predicted molar refractivity (Wildman–Crippen MR) is 114 cm³/mol. The molecule has 0 saturated carbocycles. The van der Waals surface area contributed by atoms with Gasteiger partial charge in [-0.25, -0.2) is 8.42 Å². The summed E-state index contributed by atoms with van der Waals surface area (Å²) >= 11 is 0. The van der Waals surface area contributed by atoms with Crippen LogP contribution in [0, 0.1) is 0 Å². The molecule has 148 valence electrons. The van der Waals surface area contributed by atoms with Crippen molar-refractivity contribution in [2.45, 2.75) is 26.4 Å². The zero-order valence-electron chi connectivity index (χ0n) is 16.4. The van der Waals surface area contributed by atoms with Gasteiger partial charge in [0, 0.05) is 36.7 Å². The maximum Gasteiger partial charge on any atom is 0.148 e. The van der Waals surface area contributed by atoms with Crippen molar-refractivity contribution in [2.24, 2.45) is 0 Å². The fourth-order valence-corrected chi connectivity index (χ4v) is 3.58. The number of aryl methyl sites for hydroxylation is 1. The quantitative estimate of drug-likeness (QED) is 0.563. The maximum atomic E-state index is 11.3. The van der Waals surface area contributed by atoms with E-state index in [9.17, 15) is 8.42 Å². The van der Waals surface area contributed by atoms with Crippen molar-refractivity contribution in [3.05, 3.63) is 77.5 Å². The molecule has 0 atom stereocenters. The van der Waals surface area contributed by atoms with E-state index < -0.39 is 9.84 Å². The zero-order valence-corrected chi connectivity index (χ0v) is 17.2. The van der Waals surface area contributed by atoms with E-state index in [2.05, 4.69) is 48.6 Å². The average Bonchev–Trinajstić information content (AvgIpc) is 3.08. The molecular weight excluding hydrogens is 370 g/mol. The number of sulfone groups is 1. The second-order valence-corrected chi connectivity index (χ2v) is 9.30. The highest BCUT2D eigenvalue weighted by atomic mass is 32.2. The molecule has 0 aliphatic carbocycles. The van der Waals surface area contributed by atoms with Gasteiger partial charge >= 0.3 is 0 Å². The van der Waals surface area contributed by atoms with E-state index in [1.807, 2.05) is 29.1 Å². The highest BCUT2D eigenvalue weighted by molar-refractivity contribution is 7.90. The molecule has 3 aromatic rings. The Labute approximate surface area is 167 Å². The first-order chi connectivity index (χ1) is 13.4. The predicted octanol–water partition coefficient (Wildman–Crippen LogP) is 3.30. The van der Waals surface area contributed by atoms with Crippen molar-refractivity contribution < 1.29 is 8.42 Å². The Morgan fingerprint density at radius 3 is 2.36 bits per heavy atom. The molecule has 1 heterocycles. The van der Waals surface area contributed by atoms with Crippen molar-refractivity contribution >= 4 is 9.84 Å². The molecule has 28 heavy (non-hydrogen) atoms. The van der Waals surface area contributed by atoms with Crippen LogP contribution in [0.1, 0.15) is 23.6 Å². The lowest BCUT2D eigenvalue weighted by Gasteiger charge is -2.05. The van der Waals surface area contributed by atoms with E-state index >= 15 is 0 Å². The highest BCUT2D eigenvalue weighted by Gasteiger charge is 2.12. The lowest BCUT2D eigenvalue weighted by atomic mass is 10.1. The van der Waals surface area contributed by atoms with Gasteiger partial charge in [0.25, 0.3) is 0 Å². The van der Waals surface area contributed by atoms with E-state index in [1.54, 1.807) is 0 Å². The molecule has 0 spiro atoms. The molecule has 6 heteroatoms. The average molecular weight is 398 g/mol. The zero-order chi connectivity index (χ0) is 20.0. The minimum absolute atomic E-state index is 0.131. The standard InChI is InChI=1S/C22H27N3O2S/c1-3-18-9-11-20(12-10-18)22-21(15-23-13-14-28(2,26)27)17-25(24-22)16-19-7-5-4-6-8-19/h4-12,17,23H,3,13-16H2,1-2H3. The van der Waals surface area contributed by atoms with Crippen molar-refractivity contribution in [2.75, 3.05) is 18.6 Å². The molecule has 0 fully saturated rings. The van der Waals surface area contributed by atoms with Gasteiger partial charge in [-0.1, -0.05) is 61.5 Å². The van der Waals surface area contributed by atoms with Crippen molar-refractivity contribution in [3.8, 4) is 11.3 Å². The summed E-state index contributed by atoms with van der Waals surface area (Å²) in [6.45, 7) is 3.84. The van der Waals surface area contributed by atoms with E-state index in [0.717, 1.165) is 23.2 Å². The van der Waals surface area contributed by atoms with Crippen molar-refractivity contribution in [1.29, 1.82) is 0 Å². The van der Waals surface area contributed by atoms with Crippen LogP contribution in [0.25, 0.3) is 11.3 Å². The van der Waals surface area contributed by atoms with Crippen LogP contribution >= 0.6 is 0 Å². The fourth-order valence-electron chi connectivity index (χ4n) is 3.07. The molecule has 1 aromatic heterocycles. The monoisotopic (exact) mass is 397 g/mol. The number of nitrogens with one attached hydrogen (secondary N) is 1. The number of hydrogen-bond acceptors (Lipinski definition) is 4. The second-order valence-electron chi connectivity index (χ2n) is 7.04. The summed E-state index contributed by atoms with van der Waals surface area (Å²) in [6.07, 6.45) is 4.30. The van der Waals surface area contributed by atoms with Crippen LogP contribution in [0.4, 0.5) is 0 Å². The van der Waals surface area contributed by atoms with Gasteiger partial charge in [-0.2, -0.15) is 5.10 Å². The molecular formula is C22H27N3O2S. The molecule has 0 radical (unpaired) electrons. The van der Waals surface area contributed by atoms with Gasteiger partial charge < -0.3 is 5.32 Å². The van der Waals surface area contributed by atoms with Crippen LogP contribution in [-0.4, -0.2) is 36.8 Å². The van der Waals surface area contributed by atoms with Gasteiger partial charge in [-0.05, 0) is 17.5 Å². The Hall–Kier alpha value is -2.44.